The van der Waals surface area contributed by atoms with Gasteiger partial charge in [-0.05, 0) is 18.1 Å². The van der Waals surface area contributed by atoms with Crippen molar-refractivity contribution in [3.8, 4) is 0 Å². The van der Waals surface area contributed by atoms with Crippen molar-refractivity contribution in [3.05, 3.63) is 35.4 Å². The summed E-state index contributed by atoms with van der Waals surface area (Å²) in [6.07, 6.45) is 0. The number of aryl methyl sites for hydroxylation is 1. The number of hydrogen-bond acceptors (Lipinski definition) is 2. The summed E-state index contributed by atoms with van der Waals surface area (Å²) in [7, 11) is -3.16. The molecule has 0 bridgehead atoms. The molecule has 1 rings (SSSR count). The Hall–Kier alpha value is -0.870. The molecule has 0 unspecified atom stereocenters. The molecule has 0 aliphatic heterocycles. The largest absolute Gasteiger partial charge is 0.215 e. The van der Waals surface area contributed by atoms with E-state index in [9.17, 15) is 8.42 Å². The number of rotatable bonds is 4. The minimum absolute atomic E-state index is 0.0630. The van der Waals surface area contributed by atoms with Crippen molar-refractivity contribution < 1.29 is 8.42 Å². The summed E-state index contributed by atoms with van der Waals surface area (Å²) < 4.78 is 25.4. The molecule has 0 atom stereocenters. The smallest absolute Gasteiger partial charge is 0.215 e. The van der Waals surface area contributed by atoms with E-state index in [0.29, 0.717) is 6.54 Å². The lowest BCUT2D eigenvalue weighted by atomic mass is 10.1. The maximum atomic E-state index is 11.4. The van der Waals surface area contributed by atoms with Gasteiger partial charge in [-0.3, -0.25) is 0 Å². The normalized spacial score (nSPS) is 11.6. The van der Waals surface area contributed by atoms with Gasteiger partial charge in [0.2, 0.25) is 10.0 Å². The van der Waals surface area contributed by atoms with Gasteiger partial charge in [0.25, 0.3) is 0 Å². The highest BCUT2D eigenvalue weighted by Crippen LogP contribution is 2.10. The molecule has 4 heteroatoms. The van der Waals surface area contributed by atoms with E-state index >= 15 is 0 Å². The zero-order valence-corrected chi connectivity index (χ0v) is 9.26. The van der Waals surface area contributed by atoms with Crippen LogP contribution in [-0.4, -0.2) is 15.0 Å². The maximum Gasteiger partial charge on any atom is 0.215 e. The van der Waals surface area contributed by atoms with Gasteiger partial charge in [0.1, 0.15) is 0 Å². The molecule has 78 valence electrons. The molecule has 1 N–H and O–H groups in total. The van der Waals surface area contributed by atoms with E-state index in [1.54, 1.807) is 6.92 Å². The van der Waals surface area contributed by atoms with Crippen LogP contribution >= 0.6 is 0 Å². The highest BCUT2D eigenvalue weighted by Gasteiger charge is 2.10. The second-order valence-corrected chi connectivity index (χ2v) is 4.99. The van der Waals surface area contributed by atoms with Gasteiger partial charge in [0, 0.05) is 6.54 Å². The van der Waals surface area contributed by atoms with Crippen LogP contribution in [0.3, 0.4) is 0 Å². The van der Waals surface area contributed by atoms with Gasteiger partial charge in [-0.15, -0.1) is 0 Å². The molecule has 3 nitrogen and oxygen atoms in total. The van der Waals surface area contributed by atoms with Crippen molar-refractivity contribution in [1.82, 2.24) is 4.72 Å². The predicted molar refractivity (Wildman–Crippen MR) is 57.5 cm³/mol. The number of sulfonamides is 1. The average molecular weight is 213 g/mol. The molecular formula is C10H15NO2S. The van der Waals surface area contributed by atoms with Crippen LogP contribution in [0, 0.1) is 6.92 Å². The third-order valence-corrected chi connectivity index (χ3v) is 3.39. The maximum absolute atomic E-state index is 11.4. The molecule has 0 aliphatic rings. The molecule has 0 saturated carbocycles. The number of benzene rings is 1. The summed E-state index contributed by atoms with van der Waals surface area (Å²) in [6.45, 7) is 4.13. The summed E-state index contributed by atoms with van der Waals surface area (Å²) in [4.78, 5) is 0. The Morgan fingerprint density at radius 2 is 1.93 bits per heavy atom. The molecule has 0 amide bonds. The fourth-order valence-electron chi connectivity index (χ4n) is 1.25. The summed E-state index contributed by atoms with van der Waals surface area (Å²) in [6, 6.07) is 7.50. The SMILES string of the molecule is CCNS(=O)(=O)Cc1ccccc1C. The highest BCUT2D eigenvalue weighted by atomic mass is 32.2. The second kappa shape index (κ2) is 4.57. The van der Waals surface area contributed by atoms with Crippen LogP contribution in [0.2, 0.25) is 0 Å². The average Bonchev–Trinajstić information content (AvgIpc) is 2.08. The zero-order chi connectivity index (χ0) is 10.6. The monoisotopic (exact) mass is 213 g/mol. The molecular weight excluding hydrogens is 198 g/mol. The van der Waals surface area contributed by atoms with E-state index in [0.717, 1.165) is 11.1 Å². The van der Waals surface area contributed by atoms with Crippen molar-refractivity contribution in [2.75, 3.05) is 6.54 Å². The Morgan fingerprint density at radius 3 is 2.50 bits per heavy atom. The third kappa shape index (κ3) is 3.12. The van der Waals surface area contributed by atoms with Crippen LogP contribution in [0.1, 0.15) is 18.1 Å². The molecule has 1 aromatic rings. The minimum atomic E-state index is -3.16. The summed E-state index contributed by atoms with van der Waals surface area (Å²) in [5, 5.41) is 0. The lowest BCUT2D eigenvalue weighted by Gasteiger charge is -2.06. The van der Waals surface area contributed by atoms with Crippen LogP contribution in [0.5, 0.6) is 0 Å². The fraction of sp³-hybridized carbons (Fsp3) is 0.400. The number of nitrogens with one attached hydrogen (secondary N) is 1. The van der Waals surface area contributed by atoms with E-state index < -0.39 is 10.0 Å². The lowest BCUT2D eigenvalue weighted by molar-refractivity contribution is 0.583. The first-order valence-corrected chi connectivity index (χ1v) is 6.22. The fourth-order valence-corrected chi connectivity index (χ4v) is 2.52. The van der Waals surface area contributed by atoms with Crippen LogP contribution in [0.25, 0.3) is 0 Å². The van der Waals surface area contributed by atoms with E-state index in [1.165, 1.54) is 0 Å². The molecule has 0 saturated heterocycles. The van der Waals surface area contributed by atoms with Crippen LogP contribution < -0.4 is 4.72 Å². The van der Waals surface area contributed by atoms with Crippen LogP contribution in [0.4, 0.5) is 0 Å². The van der Waals surface area contributed by atoms with Crippen molar-refractivity contribution in [2.24, 2.45) is 0 Å². The van der Waals surface area contributed by atoms with Crippen molar-refractivity contribution >= 4 is 10.0 Å². The predicted octanol–water partition coefficient (Wildman–Crippen LogP) is 1.43. The highest BCUT2D eigenvalue weighted by molar-refractivity contribution is 7.88. The van der Waals surface area contributed by atoms with Gasteiger partial charge < -0.3 is 0 Å². The molecule has 0 heterocycles. The summed E-state index contributed by atoms with van der Waals surface area (Å²) in [5.74, 6) is 0.0630. The summed E-state index contributed by atoms with van der Waals surface area (Å²) >= 11 is 0. The second-order valence-electron chi connectivity index (χ2n) is 3.18. The van der Waals surface area contributed by atoms with Crippen molar-refractivity contribution in [3.63, 3.8) is 0 Å². The van der Waals surface area contributed by atoms with E-state index in [2.05, 4.69) is 4.72 Å². The Labute approximate surface area is 85.2 Å². The molecule has 0 aromatic heterocycles. The Morgan fingerprint density at radius 1 is 1.29 bits per heavy atom. The van der Waals surface area contributed by atoms with Gasteiger partial charge in [-0.25, -0.2) is 13.1 Å². The van der Waals surface area contributed by atoms with Crippen molar-refractivity contribution in [2.45, 2.75) is 19.6 Å². The first-order valence-electron chi connectivity index (χ1n) is 4.57. The number of hydrogen-bond donors (Lipinski definition) is 1. The minimum Gasteiger partial charge on any atom is -0.215 e. The van der Waals surface area contributed by atoms with E-state index in [4.69, 9.17) is 0 Å². The topological polar surface area (TPSA) is 46.2 Å². The van der Waals surface area contributed by atoms with Gasteiger partial charge in [-0.1, -0.05) is 31.2 Å². The Bertz CT molecular complexity index is 398. The van der Waals surface area contributed by atoms with Crippen LogP contribution in [0.15, 0.2) is 24.3 Å². The quantitative estimate of drug-likeness (QED) is 0.822. The van der Waals surface area contributed by atoms with E-state index in [1.807, 2.05) is 31.2 Å². The molecule has 0 spiro atoms. The first-order chi connectivity index (χ1) is 6.55. The van der Waals surface area contributed by atoms with Gasteiger partial charge >= 0.3 is 0 Å². The molecule has 0 aliphatic carbocycles. The molecule has 1 aromatic carbocycles. The van der Waals surface area contributed by atoms with Crippen LogP contribution in [-0.2, 0) is 15.8 Å². The molecule has 0 fully saturated rings. The first kappa shape index (κ1) is 11.2. The van der Waals surface area contributed by atoms with Gasteiger partial charge in [0.05, 0.1) is 5.75 Å². The molecule has 0 radical (unpaired) electrons. The summed E-state index contributed by atoms with van der Waals surface area (Å²) in [5.41, 5.74) is 1.86. The lowest BCUT2D eigenvalue weighted by Crippen LogP contribution is -2.24. The van der Waals surface area contributed by atoms with Gasteiger partial charge in [0.15, 0.2) is 0 Å². The Kier molecular flexibility index (Phi) is 3.66. The van der Waals surface area contributed by atoms with Crippen molar-refractivity contribution in [1.29, 1.82) is 0 Å². The van der Waals surface area contributed by atoms with Gasteiger partial charge in [-0.2, -0.15) is 0 Å². The third-order valence-electron chi connectivity index (χ3n) is 1.97. The zero-order valence-electron chi connectivity index (χ0n) is 8.45. The Balaban J connectivity index is 2.84. The van der Waals surface area contributed by atoms with E-state index in [-0.39, 0.29) is 5.75 Å². The standard InChI is InChI=1S/C10H15NO2S/c1-3-11-14(12,13)8-10-7-5-4-6-9(10)2/h4-7,11H,3,8H2,1-2H3. The molecule has 14 heavy (non-hydrogen) atoms.